The molecule has 0 saturated heterocycles. The number of anilines is 3. The summed E-state index contributed by atoms with van der Waals surface area (Å²) in [5.74, 6) is -0.258. The third kappa shape index (κ3) is 14.5. The average molecular weight is 700 g/mol. The molecular weight excluding hydrogens is 650 g/mol. The fourth-order valence-electron chi connectivity index (χ4n) is 5.24. The molecule has 0 unspecified atom stereocenters. The van der Waals surface area contributed by atoms with Crippen molar-refractivity contribution in [2.75, 3.05) is 48.9 Å². The molecule has 0 aliphatic heterocycles. The van der Waals surface area contributed by atoms with Crippen LogP contribution in [0.5, 0.6) is 5.75 Å². The second kappa shape index (κ2) is 22.1. The van der Waals surface area contributed by atoms with Gasteiger partial charge in [0.05, 0.1) is 24.9 Å². The van der Waals surface area contributed by atoms with Crippen LogP contribution in [-0.2, 0) is 22.7 Å². The quantitative estimate of drug-likeness (QED) is 0.0460. The molecule has 272 valence electrons. The number of hydrogen-bond acceptors (Lipinski definition) is 9. The van der Waals surface area contributed by atoms with Crippen LogP contribution in [0.3, 0.4) is 0 Å². The standard InChI is InChI=1S/C39H49N5O7/c45-27-32-23-30(15-16-36(32)46)37(47)26-41-17-4-2-1-3-5-19-50-20-9-21-51-28-29-10-6-12-33(22-29)43-39(49)44-35-14-7-13-34(24-35)42-38(48)31-11-8-18-40-25-31/h6-8,10-16,18,22-25,37,41,45-47H,1-5,9,17,19-21,26-28H2,(H,42,48)(H2,43,44,49)/t37-/m0/s1. The molecule has 1 heterocycles. The smallest absolute Gasteiger partial charge is 0.323 e. The number of aliphatic hydroxyl groups excluding tert-OH is 2. The molecule has 4 rings (SSSR count). The van der Waals surface area contributed by atoms with Crippen molar-refractivity contribution in [3.05, 3.63) is 114 Å². The number of aromatic hydroxyl groups is 1. The Hall–Kier alpha value is -4.85. The van der Waals surface area contributed by atoms with E-state index in [4.69, 9.17) is 9.47 Å². The van der Waals surface area contributed by atoms with E-state index in [0.29, 0.717) is 60.1 Å². The van der Waals surface area contributed by atoms with Gasteiger partial charge in [0.2, 0.25) is 0 Å². The molecule has 12 heteroatoms. The number of urea groups is 1. The summed E-state index contributed by atoms with van der Waals surface area (Å²) >= 11 is 0. The van der Waals surface area contributed by atoms with Crippen LogP contribution in [-0.4, -0.2) is 65.2 Å². The van der Waals surface area contributed by atoms with Crippen LogP contribution in [0.25, 0.3) is 0 Å². The van der Waals surface area contributed by atoms with Crippen molar-refractivity contribution < 1.29 is 34.4 Å². The van der Waals surface area contributed by atoms with Crippen LogP contribution in [0.1, 0.15) is 71.7 Å². The van der Waals surface area contributed by atoms with Crippen LogP contribution >= 0.6 is 0 Å². The fraction of sp³-hybridized carbons (Fsp3) is 0.359. The SMILES string of the molecule is O=C(Nc1cccc(COCCCOCCCCCCCNC[C@H](O)c2ccc(O)c(CO)c2)c1)Nc1cccc(NC(=O)c2cccnc2)c1. The Bertz CT molecular complexity index is 1640. The zero-order valence-electron chi connectivity index (χ0n) is 28.9. The number of ether oxygens (including phenoxy) is 2. The van der Waals surface area contributed by atoms with Gasteiger partial charge < -0.3 is 46.1 Å². The number of carbonyl (C=O) groups is 2. The van der Waals surface area contributed by atoms with Gasteiger partial charge in [-0.1, -0.05) is 43.5 Å². The van der Waals surface area contributed by atoms with E-state index in [1.165, 1.54) is 12.3 Å². The van der Waals surface area contributed by atoms with Crippen molar-refractivity contribution in [3.8, 4) is 5.75 Å². The number of benzene rings is 3. The predicted octanol–water partition coefficient (Wildman–Crippen LogP) is 6.37. The van der Waals surface area contributed by atoms with Gasteiger partial charge in [0.25, 0.3) is 5.91 Å². The number of pyridine rings is 1. The van der Waals surface area contributed by atoms with E-state index in [2.05, 4.69) is 26.3 Å². The average Bonchev–Trinajstić information content (AvgIpc) is 3.14. The van der Waals surface area contributed by atoms with Crippen molar-refractivity contribution in [3.63, 3.8) is 0 Å². The summed E-state index contributed by atoms with van der Waals surface area (Å²) in [5, 5.41) is 41.0. The number of unbranched alkanes of at least 4 members (excludes halogenated alkanes) is 4. The number of hydrogen-bond donors (Lipinski definition) is 7. The summed E-state index contributed by atoms with van der Waals surface area (Å²) in [7, 11) is 0. The topological polar surface area (TPSA) is 174 Å². The molecule has 7 N–H and O–H groups in total. The minimum absolute atomic E-state index is 0.0306. The van der Waals surface area contributed by atoms with E-state index in [1.54, 1.807) is 60.8 Å². The summed E-state index contributed by atoms with van der Waals surface area (Å²) in [6, 6.07) is 22.1. The number of aliphatic hydroxyl groups is 2. The minimum Gasteiger partial charge on any atom is -0.508 e. The number of aromatic nitrogens is 1. The van der Waals surface area contributed by atoms with Crippen LogP contribution in [0, 0.1) is 0 Å². The number of rotatable bonds is 22. The Morgan fingerprint density at radius 1 is 0.745 bits per heavy atom. The first-order chi connectivity index (χ1) is 24.9. The Labute approximate surface area is 299 Å². The maximum atomic E-state index is 12.6. The number of amides is 3. The monoisotopic (exact) mass is 699 g/mol. The van der Waals surface area contributed by atoms with Crippen LogP contribution in [0.4, 0.5) is 21.9 Å². The first-order valence-electron chi connectivity index (χ1n) is 17.4. The van der Waals surface area contributed by atoms with Crippen LogP contribution in [0.2, 0.25) is 0 Å². The van der Waals surface area contributed by atoms with E-state index < -0.39 is 12.1 Å². The summed E-state index contributed by atoms with van der Waals surface area (Å²) < 4.78 is 11.6. The molecule has 3 aromatic carbocycles. The zero-order valence-corrected chi connectivity index (χ0v) is 28.9. The molecule has 4 aromatic rings. The number of phenols is 1. The highest BCUT2D eigenvalue weighted by Gasteiger charge is 2.11. The highest BCUT2D eigenvalue weighted by atomic mass is 16.5. The lowest BCUT2D eigenvalue weighted by Crippen LogP contribution is -2.22. The highest BCUT2D eigenvalue weighted by Crippen LogP contribution is 2.22. The number of nitrogens with zero attached hydrogens (tertiary/aromatic N) is 1. The predicted molar refractivity (Wildman–Crippen MR) is 198 cm³/mol. The Balaban J connectivity index is 0.988. The third-order valence-corrected chi connectivity index (χ3v) is 7.97. The van der Waals surface area contributed by atoms with E-state index in [0.717, 1.165) is 57.2 Å². The summed E-state index contributed by atoms with van der Waals surface area (Å²) in [6.45, 7) is 3.34. The summed E-state index contributed by atoms with van der Waals surface area (Å²) in [6.07, 6.45) is 8.58. The normalized spacial score (nSPS) is 11.6. The molecule has 0 aliphatic rings. The van der Waals surface area contributed by atoms with Crippen LogP contribution < -0.4 is 21.3 Å². The lowest BCUT2D eigenvalue weighted by atomic mass is 10.1. The summed E-state index contributed by atoms with van der Waals surface area (Å²) in [4.78, 5) is 29.0. The first-order valence-corrected chi connectivity index (χ1v) is 17.4. The third-order valence-electron chi connectivity index (χ3n) is 7.97. The van der Waals surface area contributed by atoms with E-state index in [9.17, 15) is 24.9 Å². The van der Waals surface area contributed by atoms with Gasteiger partial charge in [-0.2, -0.15) is 0 Å². The van der Waals surface area contributed by atoms with Crippen molar-refractivity contribution in [1.29, 1.82) is 0 Å². The highest BCUT2D eigenvalue weighted by molar-refractivity contribution is 6.05. The number of nitrogens with one attached hydrogen (secondary N) is 4. The van der Waals surface area contributed by atoms with E-state index >= 15 is 0 Å². The molecule has 0 aliphatic carbocycles. The van der Waals surface area contributed by atoms with Gasteiger partial charge in [-0.25, -0.2) is 4.79 Å². The second-order valence-corrected chi connectivity index (χ2v) is 12.1. The van der Waals surface area contributed by atoms with Crippen LogP contribution in [0.15, 0.2) is 91.3 Å². The molecule has 12 nitrogen and oxygen atoms in total. The maximum absolute atomic E-state index is 12.6. The largest absolute Gasteiger partial charge is 0.508 e. The molecule has 0 spiro atoms. The molecular formula is C39H49N5O7. The van der Waals surface area contributed by atoms with Gasteiger partial charge in [0.15, 0.2) is 0 Å². The van der Waals surface area contributed by atoms with Crippen molar-refractivity contribution >= 4 is 29.0 Å². The molecule has 51 heavy (non-hydrogen) atoms. The molecule has 1 atom stereocenters. The molecule has 1 aromatic heterocycles. The van der Waals surface area contributed by atoms with Gasteiger partial charge in [-0.15, -0.1) is 0 Å². The van der Waals surface area contributed by atoms with Crippen molar-refractivity contribution in [1.82, 2.24) is 10.3 Å². The van der Waals surface area contributed by atoms with Gasteiger partial charge in [-0.3, -0.25) is 9.78 Å². The van der Waals surface area contributed by atoms with Gasteiger partial charge in [0.1, 0.15) is 5.75 Å². The molecule has 0 radical (unpaired) electrons. The Morgan fingerprint density at radius 2 is 1.45 bits per heavy atom. The number of carbonyl (C=O) groups excluding carboxylic acids is 2. The first kappa shape index (κ1) is 38.9. The fourth-order valence-corrected chi connectivity index (χ4v) is 5.24. The van der Waals surface area contributed by atoms with E-state index in [1.807, 2.05) is 18.2 Å². The van der Waals surface area contributed by atoms with Gasteiger partial charge >= 0.3 is 6.03 Å². The Morgan fingerprint density at radius 3 is 2.24 bits per heavy atom. The molecule has 3 amide bonds. The minimum atomic E-state index is -0.688. The summed E-state index contributed by atoms with van der Waals surface area (Å²) in [5.41, 5.74) is 4.17. The van der Waals surface area contributed by atoms with Crippen molar-refractivity contribution in [2.45, 2.75) is 57.8 Å². The lowest BCUT2D eigenvalue weighted by Gasteiger charge is -2.14. The zero-order chi connectivity index (χ0) is 36.1. The molecule has 0 saturated carbocycles. The van der Waals surface area contributed by atoms with Gasteiger partial charge in [0, 0.05) is 61.4 Å². The Kier molecular flexibility index (Phi) is 16.9. The van der Waals surface area contributed by atoms with Crippen molar-refractivity contribution in [2.24, 2.45) is 0 Å². The molecule has 0 fully saturated rings. The lowest BCUT2D eigenvalue weighted by molar-refractivity contribution is 0.0743. The van der Waals surface area contributed by atoms with Gasteiger partial charge in [-0.05, 0) is 91.5 Å². The molecule has 0 bridgehead atoms. The second-order valence-electron chi connectivity index (χ2n) is 12.1. The van der Waals surface area contributed by atoms with E-state index in [-0.39, 0.29) is 18.3 Å². The maximum Gasteiger partial charge on any atom is 0.323 e.